The minimum absolute atomic E-state index is 0.0661. The van der Waals surface area contributed by atoms with E-state index in [9.17, 15) is 19.2 Å². The predicted molar refractivity (Wildman–Crippen MR) is 96.8 cm³/mol. The van der Waals surface area contributed by atoms with Gasteiger partial charge in [0.15, 0.2) is 0 Å². The van der Waals surface area contributed by atoms with Gasteiger partial charge in [-0.15, -0.1) is 0 Å². The van der Waals surface area contributed by atoms with Gasteiger partial charge < -0.3 is 15.5 Å². The van der Waals surface area contributed by atoms with Gasteiger partial charge in [-0.1, -0.05) is 6.07 Å². The average Bonchev–Trinajstić information content (AvgIpc) is 2.94. The summed E-state index contributed by atoms with van der Waals surface area (Å²) in [6, 6.07) is 4.96. The molecular formula is C19H22N4O4. The molecule has 2 aliphatic heterocycles. The number of fused-ring (bicyclic) bond motifs is 1. The molecular weight excluding hydrogens is 348 g/mol. The Balaban J connectivity index is 1.45. The maximum atomic E-state index is 12.8. The Morgan fingerprint density at radius 1 is 1.19 bits per heavy atom. The standard InChI is InChI=1S/C19H22N4O4/c24-16-8-7-15(18(26)22-16)23-10-13-12(19(23)27)5-2-6-14(13)20-9-17(25)21-11-3-1-4-11/h2,5-6,11,15,20H,1,3-4,7-10H2,(H,21,25)(H,22,24,26). The second-order valence-corrected chi connectivity index (χ2v) is 7.28. The zero-order valence-corrected chi connectivity index (χ0v) is 14.9. The number of carbonyl (C=O) groups is 4. The van der Waals surface area contributed by atoms with E-state index in [1.165, 1.54) is 4.90 Å². The molecule has 3 N–H and O–H groups in total. The topological polar surface area (TPSA) is 108 Å². The van der Waals surface area contributed by atoms with Gasteiger partial charge in [0.1, 0.15) is 6.04 Å². The second-order valence-electron chi connectivity index (χ2n) is 7.28. The van der Waals surface area contributed by atoms with Crippen LogP contribution in [0, 0.1) is 0 Å². The van der Waals surface area contributed by atoms with Gasteiger partial charge in [-0.05, 0) is 37.8 Å². The van der Waals surface area contributed by atoms with Crippen LogP contribution in [-0.4, -0.2) is 47.2 Å². The van der Waals surface area contributed by atoms with Gasteiger partial charge >= 0.3 is 0 Å². The van der Waals surface area contributed by atoms with Gasteiger partial charge in [-0.25, -0.2) is 0 Å². The molecule has 8 heteroatoms. The Hall–Kier alpha value is -2.90. The van der Waals surface area contributed by atoms with Gasteiger partial charge in [-0.3, -0.25) is 24.5 Å². The Morgan fingerprint density at radius 3 is 2.70 bits per heavy atom. The van der Waals surface area contributed by atoms with Crippen molar-refractivity contribution in [2.75, 3.05) is 11.9 Å². The predicted octanol–water partition coefficient (Wildman–Crippen LogP) is 0.528. The van der Waals surface area contributed by atoms with Gasteiger partial charge in [0.25, 0.3) is 5.91 Å². The molecule has 0 radical (unpaired) electrons. The van der Waals surface area contributed by atoms with Gasteiger partial charge in [0.2, 0.25) is 17.7 Å². The van der Waals surface area contributed by atoms with Crippen molar-refractivity contribution in [2.45, 2.75) is 50.7 Å². The number of amides is 4. The lowest BCUT2D eigenvalue weighted by Gasteiger charge is -2.29. The first-order chi connectivity index (χ1) is 13.0. The maximum absolute atomic E-state index is 12.8. The minimum atomic E-state index is -0.641. The molecule has 2 fully saturated rings. The number of benzene rings is 1. The number of piperidine rings is 1. The van der Waals surface area contributed by atoms with Crippen molar-refractivity contribution in [1.29, 1.82) is 0 Å². The summed E-state index contributed by atoms with van der Waals surface area (Å²) in [7, 11) is 0. The third kappa shape index (κ3) is 3.39. The zero-order chi connectivity index (χ0) is 19.0. The monoisotopic (exact) mass is 370 g/mol. The SMILES string of the molecule is O=C1CCC(N2Cc3c(NCC(=O)NC4CCC4)cccc3C2=O)C(=O)N1. The molecule has 1 unspecified atom stereocenters. The Morgan fingerprint density at radius 2 is 2.00 bits per heavy atom. The number of nitrogens with zero attached hydrogens (tertiary/aromatic N) is 1. The van der Waals surface area contributed by atoms with Crippen LogP contribution in [0.3, 0.4) is 0 Å². The summed E-state index contributed by atoms with van der Waals surface area (Å²) in [4.78, 5) is 49.8. The summed E-state index contributed by atoms with van der Waals surface area (Å²) in [5, 5.41) is 8.38. The first kappa shape index (κ1) is 17.5. The number of rotatable bonds is 5. The fraction of sp³-hybridized carbons (Fsp3) is 0.474. The molecule has 1 atom stereocenters. The third-order valence-corrected chi connectivity index (χ3v) is 5.49. The zero-order valence-electron chi connectivity index (χ0n) is 14.9. The van der Waals surface area contributed by atoms with E-state index in [1.807, 2.05) is 6.07 Å². The lowest BCUT2D eigenvalue weighted by Crippen LogP contribution is -2.52. The summed E-state index contributed by atoms with van der Waals surface area (Å²) < 4.78 is 0. The highest BCUT2D eigenvalue weighted by atomic mass is 16.2. The molecule has 1 aliphatic carbocycles. The van der Waals surface area contributed by atoms with Crippen LogP contribution in [0.25, 0.3) is 0 Å². The van der Waals surface area contributed by atoms with Crippen LogP contribution in [0.15, 0.2) is 18.2 Å². The van der Waals surface area contributed by atoms with Gasteiger partial charge in [0.05, 0.1) is 6.54 Å². The smallest absolute Gasteiger partial charge is 0.255 e. The lowest BCUT2D eigenvalue weighted by atomic mass is 9.93. The van der Waals surface area contributed by atoms with Gasteiger partial charge in [0, 0.05) is 35.8 Å². The van der Waals surface area contributed by atoms with E-state index in [2.05, 4.69) is 16.0 Å². The quantitative estimate of drug-likeness (QED) is 0.656. The van der Waals surface area contributed by atoms with Crippen molar-refractivity contribution in [1.82, 2.24) is 15.5 Å². The van der Waals surface area contributed by atoms with E-state index in [-0.39, 0.29) is 43.3 Å². The number of hydrogen-bond acceptors (Lipinski definition) is 5. The molecule has 4 amide bonds. The summed E-state index contributed by atoms with van der Waals surface area (Å²) in [6.45, 7) is 0.424. The Labute approximate surface area is 156 Å². The highest BCUT2D eigenvalue weighted by Crippen LogP contribution is 2.32. The van der Waals surface area contributed by atoms with Crippen molar-refractivity contribution in [3.8, 4) is 0 Å². The lowest BCUT2D eigenvalue weighted by molar-refractivity contribution is -0.137. The van der Waals surface area contributed by atoms with E-state index >= 15 is 0 Å². The maximum Gasteiger partial charge on any atom is 0.255 e. The minimum Gasteiger partial charge on any atom is -0.376 e. The van der Waals surface area contributed by atoms with Gasteiger partial charge in [-0.2, -0.15) is 0 Å². The average molecular weight is 370 g/mol. The van der Waals surface area contributed by atoms with Crippen molar-refractivity contribution >= 4 is 29.3 Å². The van der Waals surface area contributed by atoms with E-state index in [0.717, 1.165) is 30.5 Å². The molecule has 3 aliphatic rings. The molecule has 1 saturated carbocycles. The summed E-state index contributed by atoms with van der Waals surface area (Å²) >= 11 is 0. The van der Waals surface area contributed by atoms with Crippen LogP contribution in [-0.2, 0) is 20.9 Å². The highest BCUT2D eigenvalue weighted by Gasteiger charge is 2.39. The summed E-state index contributed by atoms with van der Waals surface area (Å²) in [5.41, 5.74) is 2.03. The first-order valence-corrected chi connectivity index (χ1v) is 9.32. The molecule has 1 aromatic rings. The second kappa shape index (κ2) is 7.02. The number of carbonyl (C=O) groups excluding carboxylic acids is 4. The summed E-state index contributed by atoms with van der Waals surface area (Å²) in [5.74, 6) is -1.02. The summed E-state index contributed by atoms with van der Waals surface area (Å²) in [6.07, 6.45) is 3.77. The van der Waals surface area contributed by atoms with Crippen LogP contribution in [0.4, 0.5) is 5.69 Å². The molecule has 2 heterocycles. The Bertz CT molecular complexity index is 818. The molecule has 142 valence electrons. The van der Waals surface area contributed by atoms with E-state index in [4.69, 9.17) is 0 Å². The van der Waals surface area contributed by atoms with Crippen molar-refractivity contribution in [2.24, 2.45) is 0 Å². The fourth-order valence-electron chi connectivity index (χ4n) is 3.76. The number of hydrogen-bond donors (Lipinski definition) is 3. The molecule has 0 aromatic heterocycles. The van der Waals surface area contributed by atoms with E-state index in [0.29, 0.717) is 12.0 Å². The first-order valence-electron chi connectivity index (χ1n) is 9.32. The molecule has 8 nitrogen and oxygen atoms in total. The van der Waals surface area contributed by atoms with Crippen LogP contribution >= 0.6 is 0 Å². The number of anilines is 1. The van der Waals surface area contributed by atoms with Crippen LogP contribution < -0.4 is 16.0 Å². The number of nitrogens with one attached hydrogen (secondary N) is 3. The molecule has 27 heavy (non-hydrogen) atoms. The molecule has 4 rings (SSSR count). The molecule has 0 spiro atoms. The van der Waals surface area contributed by atoms with E-state index < -0.39 is 11.9 Å². The molecule has 0 bridgehead atoms. The van der Waals surface area contributed by atoms with Crippen molar-refractivity contribution in [3.05, 3.63) is 29.3 Å². The fourth-order valence-corrected chi connectivity index (χ4v) is 3.76. The molecule has 1 aromatic carbocycles. The Kier molecular flexibility index (Phi) is 4.55. The van der Waals surface area contributed by atoms with Crippen molar-refractivity contribution < 1.29 is 19.2 Å². The number of imide groups is 1. The van der Waals surface area contributed by atoms with Crippen molar-refractivity contribution in [3.63, 3.8) is 0 Å². The van der Waals surface area contributed by atoms with Crippen LogP contribution in [0.1, 0.15) is 48.0 Å². The van der Waals surface area contributed by atoms with E-state index in [1.54, 1.807) is 12.1 Å². The normalized spacial score (nSPS) is 22.1. The third-order valence-electron chi connectivity index (χ3n) is 5.49. The highest BCUT2D eigenvalue weighted by molar-refractivity contribution is 6.06. The molecule has 1 saturated heterocycles. The van der Waals surface area contributed by atoms with Crippen LogP contribution in [0.5, 0.6) is 0 Å². The largest absolute Gasteiger partial charge is 0.376 e. The van der Waals surface area contributed by atoms with Crippen LogP contribution in [0.2, 0.25) is 0 Å².